The van der Waals surface area contributed by atoms with E-state index in [4.69, 9.17) is 10.5 Å². The van der Waals surface area contributed by atoms with Crippen LogP contribution in [0.15, 0.2) is 24.3 Å². The quantitative estimate of drug-likeness (QED) is 0.877. The van der Waals surface area contributed by atoms with Crippen LogP contribution in [0.2, 0.25) is 0 Å². The van der Waals surface area contributed by atoms with Gasteiger partial charge in [-0.1, -0.05) is 11.8 Å². The molecule has 1 heterocycles. The molecule has 0 radical (unpaired) electrons. The van der Waals surface area contributed by atoms with E-state index < -0.39 is 0 Å². The number of hydrogen-bond donors (Lipinski definition) is 1. The standard InChI is InChI=1S/C16H18FN3O/c1-3-20-15(9-12(2)19-20)11-21-16-7-6-14(17)10-13(16)5-4-8-18/h6-7,9-10H,3,8,11,18H2,1-2H3. The van der Waals surface area contributed by atoms with Crippen LogP contribution in [0, 0.1) is 24.6 Å². The molecule has 0 aliphatic carbocycles. The second kappa shape index (κ2) is 6.91. The molecule has 110 valence electrons. The van der Waals surface area contributed by atoms with Crippen molar-refractivity contribution in [1.82, 2.24) is 9.78 Å². The van der Waals surface area contributed by atoms with Gasteiger partial charge in [0.05, 0.1) is 23.5 Å². The Labute approximate surface area is 123 Å². The molecule has 2 rings (SSSR count). The highest BCUT2D eigenvalue weighted by Crippen LogP contribution is 2.20. The smallest absolute Gasteiger partial charge is 0.135 e. The minimum absolute atomic E-state index is 0.220. The Morgan fingerprint density at radius 2 is 2.19 bits per heavy atom. The van der Waals surface area contributed by atoms with Gasteiger partial charge in [-0.25, -0.2) is 4.39 Å². The van der Waals surface area contributed by atoms with E-state index in [0.29, 0.717) is 17.9 Å². The number of rotatable bonds is 4. The fraction of sp³-hybridized carbons (Fsp3) is 0.312. The molecular weight excluding hydrogens is 269 g/mol. The average molecular weight is 287 g/mol. The second-order valence-corrected chi connectivity index (χ2v) is 4.53. The van der Waals surface area contributed by atoms with Crippen molar-refractivity contribution in [2.24, 2.45) is 5.73 Å². The van der Waals surface area contributed by atoms with Gasteiger partial charge in [0.15, 0.2) is 0 Å². The van der Waals surface area contributed by atoms with Crippen LogP contribution in [0.3, 0.4) is 0 Å². The van der Waals surface area contributed by atoms with Crippen molar-refractivity contribution in [2.75, 3.05) is 6.54 Å². The molecule has 0 saturated heterocycles. The van der Waals surface area contributed by atoms with Crippen molar-refractivity contribution in [3.8, 4) is 17.6 Å². The van der Waals surface area contributed by atoms with E-state index in [2.05, 4.69) is 16.9 Å². The van der Waals surface area contributed by atoms with Gasteiger partial charge in [-0.15, -0.1) is 0 Å². The Morgan fingerprint density at radius 3 is 2.90 bits per heavy atom. The van der Waals surface area contributed by atoms with Crippen molar-refractivity contribution in [3.05, 3.63) is 47.0 Å². The Morgan fingerprint density at radius 1 is 1.38 bits per heavy atom. The lowest BCUT2D eigenvalue weighted by atomic mass is 10.2. The van der Waals surface area contributed by atoms with Gasteiger partial charge in [-0.3, -0.25) is 4.68 Å². The SMILES string of the molecule is CCn1nc(C)cc1COc1ccc(F)cc1C#CCN. The predicted octanol–water partition coefficient (Wildman–Crippen LogP) is 2.24. The highest BCUT2D eigenvalue weighted by Gasteiger charge is 2.08. The normalized spacial score (nSPS) is 10.1. The van der Waals surface area contributed by atoms with Crippen molar-refractivity contribution in [2.45, 2.75) is 27.0 Å². The number of nitrogens with zero attached hydrogens (tertiary/aromatic N) is 2. The van der Waals surface area contributed by atoms with Crippen LogP contribution in [-0.2, 0) is 13.2 Å². The van der Waals surface area contributed by atoms with Gasteiger partial charge in [0.1, 0.15) is 18.2 Å². The maximum Gasteiger partial charge on any atom is 0.135 e. The van der Waals surface area contributed by atoms with Gasteiger partial charge in [0, 0.05) is 6.54 Å². The van der Waals surface area contributed by atoms with E-state index >= 15 is 0 Å². The van der Waals surface area contributed by atoms with E-state index in [-0.39, 0.29) is 12.4 Å². The zero-order chi connectivity index (χ0) is 15.2. The number of nitrogens with two attached hydrogens (primary N) is 1. The van der Waals surface area contributed by atoms with Gasteiger partial charge < -0.3 is 10.5 Å². The topological polar surface area (TPSA) is 53.1 Å². The number of aromatic nitrogens is 2. The van der Waals surface area contributed by atoms with E-state index in [1.54, 1.807) is 6.07 Å². The van der Waals surface area contributed by atoms with E-state index in [9.17, 15) is 4.39 Å². The molecule has 0 aliphatic heterocycles. The summed E-state index contributed by atoms with van der Waals surface area (Å²) < 4.78 is 20.9. The second-order valence-electron chi connectivity index (χ2n) is 4.53. The molecule has 1 aromatic carbocycles. The van der Waals surface area contributed by atoms with Gasteiger partial charge in [-0.05, 0) is 38.1 Å². The first-order valence-corrected chi connectivity index (χ1v) is 6.78. The molecule has 0 bridgehead atoms. The van der Waals surface area contributed by atoms with Crippen molar-refractivity contribution in [1.29, 1.82) is 0 Å². The lowest BCUT2D eigenvalue weighted by Crippen LogP contribution is -2.06. The van der Waals surface area contributed by atoms with Gasteiger partial charge in [-0.2, -0.15) is 5.10 Å². The summed E-state index contributed by atoms with van der Waals surface area (Å²) >= 11 is 0. The van der Waals surface area contributed by atoms with E-state index in [0.717, 1.165) is 17.9 Å². The summed E-state index contributed by atoms with van der Waals surface area (Å²) in [5.74, 6) is 5.72. The molecule has 0 unspecified atom stereocenters. The first-order valence-electron chi connectivity index (χ1n) is 6.78. The Hall–Kier alpha value is -2.32. The van der Waals surface area contributed by atoms with Crippen LogP contribution in [0.25, 0.3) is 0 Å². The summed E-state index contributed by atoms with van der Waals surface area (Å²) in [6.45, 7) is 5.31. The van der Waals surface area contributed by atoms with Crippen molar-refractivity contribution >= 4 is 0 Å². The maximum absolute atomic E-state index is 13.3. The highest BCUT2D eigenvalue weighted by atomic mass is 19.1. The first kappa shape index (κ1) is 15.1. The number of benzene rings is 1. The van der Waals surface area contributed by atoms with Crippen LogP contribution >= 0.6 is 0 Å². The molecule has 5 heteroatoms. The molecular formula is C16H18FN3O. The van der Waals surface area contributed by atoms with Crippen LogP contribution in [0.1, 0.15) is 23.9 Å². The summed E-state index contributed by atoms with van der Waals surface area (Å²) in [7, 11) is 0. The summed E-state index contributed by atoms with van der Waals surface area (Å²) in [6, 6.07) is 6.25. The fourth-order valence-corrected chi connectivity index (χ4v) is 2.01. The monoisotopic (exact) mass is 287 g/mol. The van der Waals surface area contributed by atoms with Crippen molar-refractivity contribution < 1.29 is 9.13 Å². The fourth-order valence-electron chi connectivity index (χ4n) is 2.01. The van der Waals surface area contributed by atoms with Gasteiger partial charge in [0.25, 0.3) is 0 Å². The largest absolute Gasteiger partial charge is 0.486 e. The molecule has 0 spiro atoms. The molecule has 4 nitrogen and oxygen atoms in total. The molecule has 0 atom stereocenters. The van der Waals surface area contributed by atoms with Crippen LogP contribution in [0.5, 0.6) is 5.75 Å². The summed E-state index contributed by atoms with van der Waals surface area (Å²) in [4.78, 5) is 0. The Bertz CT molecular complexity index is 683. The third kappa shape index (κ3) is 3.83. The van der Waals surface area contributed by atoms with E-state index in [1.807, 2.05) is 24.6 Å². The van der Waals surface area contributed by atoms with Gasteiger partial charge >= 0.3 is 0 Å². The predicted molar refractivity (Wildman–Crippen MR) is 79.3 cm³/mol. The third-order valence-electron chi connectivity index (χ3n) is 2.93. The lowest BCUT2D eigenvalue weighted by molar-refractivity contribution is 0.291. The van der Waals surface area contributed by atoms with E-state index in [1.165, 1.54) is 12.1 Å². The molecule has 1 aromatic heterocycles. The molecule has 2 aromatic rings. The Balaban J connectivity index is 2.19. The first-order chi connectivity index (χ1) is 10.1. The molecule has 0 saturated carbocycles. The lowest BCUT2D eigenvalue weighted by Gasteiger charge is -2.09. The summed E-state index contributed by atoms with van der Waals surface area (Å²) in [5.41, 5.74) is 7.76. The van der Waals surface area contributed by atoms with Crippen LogP contribution in [0.4, 0.5) is 4.39 Å². The van der Waals surface area contributed by atoms with Crippen LogP contribution in [-0.4, -0.2) is 16.3 Å². The maximum atomic E-state index is 13.3. The molecule has 2 N–H and O–H groups in total. The Kier molecular flexibility index (Phi) is 4.96. The molecule has 0 amide bonds. The molecule has 0 aliphatic rings. The minimum Gasteiger partial charge on any atom is -0.486 e. The minimum atomic E-state index is -0.349. The number of aryl methyl sites for hydroxylation is 2. The zero-order valence-electron chi connectivity index (χ0n) is 12.2. The third-order valence-corrected chi connectivity index (χ3v) is 2.93. The highest BCUT2D eigenvalue weighted by molar-refractivity contribution is 5.46. The zero-order valence-corrected chi connectivity index (χ0v) is 12.2. The number of ether oxygens (including phenoxy) is 1. The average Bonchev–Trinajstić information content (AvgIpc) is 2.84. The van der Waals surface area contributed by atoms with Crippen molar-refractivity contribution in [3.63, 3.8) is 0 Å². The van der Waals surface area contributed by atoms with Crippen LogP contribution < -0.4 is 10.5 Å². The molecule has 0 fully saturated rings. The number of halogens is 1. The molecule has 21 heavy (non-hydrogen) atoms. The summed E-state index contributed by atoms with van der Waals surface area (Å²) in [6.07, 6.45) is 0. The summed E-state index contributed by atoms with van der Waals surface area (Å²) in [5, 5.41) is 4.36. The van der Waals surface area contributed by atoms with Gasteiger partial charge in [0.2, 0.25) is 0 Å². The number of hydrogen-bond acceptors (Lipinski definition) is 3.